The molecule has 0 unspecified atom stereocenters. The molecule has 0 spiro atoms. The van der Waals surface area contributed by atoms with E-state index in [1.54, 1.807) is 7.11 Å². The van der Waals surface area contributed by atoms with E-state index in [1.807, 2.05) is 0 Å². The molecule has 1 aromatic carbocycles. The van der Waals surface area contributed by atoms with Crippen LogP contribution in [-0.4, -0.2) is 60.0 Å². The van der Waals surface area contributed by atoms with Crippen molar-refractivity contribution in [3.63, 3.8) is 0 Å². The minimum Gasteiger partial charge on any atom is -0.385 e. The van der Waals surface area contributed by atoms with Gasteiger partial charge in [0.25, 0.3) is 0 Å². The maximum absolute atomic E-state index is 13.1. The van der Waals surface area contributed by atoms with Crippen LogP contribution in [0.1, 0.15) is 44.1 Å². The van der Waals surface area contributed by atoms with E-state index in [9.17, 15) is 18.0 Å². The molecule has 6 nitrogen and oxygen atoms in total. The number of likely N-dealkylation sites (tertiary alicyclic amines) is 1. The zero-order chi connectivity index (χ0) is 23.4. The van der Waals surface area contributed by atoms with Crippen molar-refractivity contribution in [1.29, 1.82) is 0 Å². The molecule has 2 fully saturated rings. The third-order valence-corrected chi connectivity index (χ3v) is 6.98. The van der Waals surface area contributed by atoms with Crippen molar-refractivity contribution >= 4 is 22.5 Å². The molecular formula is C24H31F3N4O2. The Hall–Kier alpha value is -2.26. The van der Waals surface area contributed by atoms with E-state index in [4.69, 9.17) is 4.74 Å². The number of rotatable bonds is 9. The third kappa shape index (κ3) is 6.00. The lowest BCUT2D eigenvalue weighted by Gasteiger charge is -2.46. The van der Waals surface area contributed by atoms with E-state index < -0.39 is 11.7 Å². The lowest BCUT2D eigenvalue weighted by molar-refractivity contribution is -0.137. The Balaban J connectivity index is 1.23. The van der Waals surface area contributed by atoms with Crippen LogP contribution in [0.25, 0.3) is 10.9 Å². The van der Waals surface area contributed by atoms with Gasteiger partial charge in [-0.1, -0.05) is 0 Å². The first-order chi connectivity index (χ1) is 15.8. The Bertz CT molecular complexity index is 954. The normalized spacial score (nSPS) is 22.3. The fraction of sp³-hybridized carbons (Fsp3) is 0.625. The van der Waals surface area contributed by atoms with E-state index in [-0.39, 0.29) is 23.5 Å². The highest BCUT2D eigenvalue weighted by Gasteiger charge is 2.35. The summed E-state index contributed by atoms with van der Waals surface area (Å²) in [5.74, 6) is 1.42. The van der Waals surface area contributed by atoms with Crippen molar-refractivity contribution in [2.24, 2.45) is 11.8 Å². The summed E-state index contributed by atoms with van der Waals surface area (Å²) in [5, 5.41) is 3.18. The molecule has 1 aromatic heterocycles. The fourth-order valence-electron chi connectivity index (χ4n) is 5.07. The van der Waals surface area contributed by atoms with Crippen molar-refractivity contribution in [2.75, 3.05) is 38.7 Å². The largest absolute Gasteiger partial charge is 0.416 e. The van der Waals surface area contributed by atoms with Gasteiger partial charge >= 0.3 is 6.18 Å². The van der Waals surface area contributed by atoms with Gasteiger partial charge < -0.3 is 10.1 Å². The standard InChI is InChI=1S/C24H31F3N4O2/c1-33-9-8-16-2-5-19(6-3-16)31-13-17(14-31)10-20(32)12-28-23-21-11-18(24(25,26)27)4-7-22(21)29-15-30-23/h4,7,11,15-17,19H,2-3,5-6,8-10,12-14H2,1H3,(H,28,29,30). The van der Waals surface area contributed by atoms with Crippen molar-refractivity contribution in [2.45, 2.75) is 50.7 Å². The predicted octanol–water partition coefficient (Wildman–Crippen LogP) is 4.55. The minimum atomic E-state index is -4.45. The van der Waals surface area contributed by atoms with Crippen molar-refractivity contribution < 1.29 is 22.7 Å². The first-order valence-corrected chi connectivity index (χ1v) is 11.6. The van der Waals surface area contributed by atoms with Crippen LogP contribution in [0.5, 0.6) is 0 Å². The molecule has 180 valence electrons. The van der Waals surface area contributed by atoms with Crippen LogP contribution < -0.4 is 5.32 Å². The maximum Gasteiger partial charge on any atom is 0.416 e. The molecule has 0 amide bonds. The van der Waals surface area contributed by atoms with E-state index >= 15 is 0 Å². The summed E-state index contributed by atoms with van der Waals surface area (Å²) in [6.07, 6.45) is 3.40. The van der Waals surface area contributed by atoms with Crippen LogP contribution in [0.4, 0.5) is 19.0 Å². The number of methoxy groups -OCH3 is 1. The van der Waals surface area contributed by atoms with Crippen LogP contribution in [0, 0.1) is 11.8 Å². The second-order valence-corrected chi connectivity index (χ2v) is 9.32. The van der Waals surface area contributed by atoms with E-state index in [0.717, 1.165) is 44.2 Å². The quantitative estimate of drug-likeness (QED) is 0.588. The number of ketones is 1. The van der Waals surface area contributed by atoms with Crippen LogP contribution in [0.2, 0.25) is 0 Å². The second kappa shape index (κ2) is 10.3. The molecule has 2 aliphatic rings. The first-order valence-electron chi connectivity index (χ1n) is 11.6. The summed E-state index contributed by atoms with van der Waals surface area (Å²) in [6, 6.07) is 3.97. The molecule has 1 saturated carbocycles. The molecule has 33 heavy (non-hydrogen) atoms. The monoisotopic (exact) mass is 464 g/mol. The molecule has 4 rings (SSSR count). The molecule has 2 aromatic rings. The van der Waals surface area contributed by atoms with Crippen LogP contribution in [0.3, 0.4) is 0 Å². The van der Waals surface area contributed by atoms with Gasteiger partial charge in [-0.3, -0.25) is 9.69 Å². The first kappa shape index (κ1) is 23.9. The van der Waals surface area contributed by atoms with Gasteiger partial charge in [-0.25, -0.2) is 9.97 Å². The number of carbonyl (C=O) groups is 1. The number of Topliss-reactive ketones (excluding diaryl/α,β-unsaturated/α-hetero) is 1. The Labute approximate surface area is 191 Å². The van der Waals surface area contributed by atoms with Crippen LogP contribution in [-0.2, 0) is 15.7 Å². The Morgan fingerprint density at radius 3 is 2.61 bits per heavy atom. The Morgan fingerprint density at radius 1 is 1.15 bits per heavy atom. The SMILES string of the molecule is COCCC1CCC(N2CC(CC(=O)CNc3ncnc4ccc(C(F)(F)F)cc34)C2)CC1. The average Bonchev–Trinajstić information content (AvgIpc) is 2.78. The molecule has 1 aliphatic carbocycles. The van der Waals surface area contributed by atoms with Crippen LogP contribution >= 0.6 is 0 Å². The van der Waals surface area contributed by atoms with Gasteiger partial charge in [0.05, 0.1) is 17.6 Å². The number of ether oxygens (including phenoxy) is 1. The van der Waals surface area contributed by atoms with E-state index in [0.29, 0.717) is 23.9 Å². The van der Waals surface area contributed by atoms with Gasteiger partial charge in [0, 0.05) is 44.7 Å². The maximum atomic E-state index is 13.1. The summed E-state index contributed by atoms with van der Waals surface area (Å²) in [5.41, 5.74) is -0.360. The Kier molecular flexibility index (Phi) is 7.48. The highest BCUT2D eigenvalue weighted by molar-refractivity contribution is 5.91. The summed E-state index contributed by atoms with van der Waals surface area (Å²) < 4.78 is 44.4. The van der Waals surface area contributed by atoms with Gasteiger partial charge in [-0.05, 0) is 62.1 Å². The average molecular weight is 465 g/mol. The number of halogens is 3. The van der Waals surface area contributed by atoms with Gasteiger partial charge in [0.2, 0.25) is 0 Å². The summed E-state index contributed by atoms with van der Waals surface area (Å²) >= 11 is 0. The van der Waals surface area contributed by atoms with Gasteiger partial charge in [-0.2, -0.15) is 13.2 Å². The van der Waals surface area contributed by atoms with Crippen LogP contribution in [0.15, 0.2) is 24.5 Å². The fourth-order valence-corrected chi connectivity index (χ4v) is 5.07. The number of alkyl halides is 3. The summed E-state index contributed by atoms with van der Waals surface area (Å²) in [7, 11) is 1.75. The zero-order valence-electron chi connectivity index (χ0n) is 18.9. The highest BCUT2D eigenvalue weighted by Crippen LogP contribution is 2.34. The summed E-state index contributed by atoms with van der Waals surface area (Å²) in [4.78, 5) is 23.1. The highest BCUT2D eigenvalue weighted by atomic mass is 19.4. The molecule has 1 aliphatic heterocycles. The van der Waals surface area contributed by atoms with Crippen molar-refractivity contribution in [1.82, 2.24) is 14.9 Å². The van der Waals surface area contributed by atoms with Crippen molar-refractivity contribution in [3.05, 3.63) is 30.1 Å². The molecule has 1 saturated heterocycles. The molecule has 1 N–H and O–H groups in total. The predicted molar refractivity (Wildman–Crippen MR) is 120 cm³/mol. The molecular weight excluding hydrogens is 433 g/mol. The number of nitrogens with zero attached hydrogens (tertiary/aromatic N) is 3. The number of anilines is 1. The number of benzene rings is 1. The molecule has 9 heteroatoms. The number of hydrogen-bond acceptors (Lipinski definition) is 6. The van der Waals surface area contributed by atoms with Gasteiger partial charge in [0.15, 0.2) is 5.78 Å². The lowest BCUT2D eigenvalue weighted by atomic mass is 9.81. The van der Waals surface area contributed by atoms with Gasteiger partial charge in [0.1, 0.15) is 12.1 Å². The molecule has 0 atom stereocenters. The van der Waals surface area contributed by atoms with Gasteiger partial charge in [-0.15, -0.1) is 0 Å². The molecule has 0 bridgehead atoms. The Morgan fingerprint density at radius 2 is 1.91 bits per heavy atom. The third-order valence-electron chi connectivity index (χ3n) is 6.98. The topological polar surface area (TPSA) is 67.3 Å². The smallest absolute Gasteiger partial charge is 0.385 e. The lowest BCUT2D eigenvalue weighted by Crippen LogP contribution is -2.53. The molecule has 2 heterocycles. The summed E-state index contributed by atoms with van der Waals surface area (Å²) in [6.45, 7) is 2.78. The number of carbonyl (C=O) groups excluding carboxylic acids is 1. The number of fused-ring (bicyclic) bond motifs is 1. The van der Waals surface area contributed by atoms with Crippen molar-refractivity contribution in [3.8, 4) is 0 Å². The van der Waals surface area contributed by atoms with E-state index in [2.05, 4.69) is 20.2 Å². The minimum absolute atomic E-state index is 0.0432. The molecule has 0 radical (unpaired) electrons. The second-order valence-electron chi connectivity index (χ2n) is 9.32. The van der Waals surface area contributed by atoms with E-state index in [1.165, 1.54) is 38.1 Å². The number of hydrogen-bond donors (Lipinski definition) is 1. The number of aromatic nitrogens is 2. The number of nitrogens with one attached hydrogen (secondary N) is 1. The zero-order valence-corrected chi connectivity index (χ0v) is 18.9.